The van der Waals surface area contributed by atoms with Gasteiger partial charge in [0.05, 0.1) is 5.54 Å². The molecule has 2 nitrogen and oxygen atoms in total. The molecule has 0 aliphatic rings. The molecule has 0 saturated carbocycles. The van der Waals surface area contributed by atoms with Crippen molar-refractivity contribution in [3.05, 3.63) is 69.9 Å². The Balaban J connectivity index is 2.26. The number of ketones is 1. The molecule has 2 rings (SSSR count). The lowest BCUT2D eigenvalue weighted by Gasteiger charge is -2.24. The summed E-state index contributed by atoms with van der Waals surface area (Å²) in [4.78, 5) is 12.4. The molecule has 0 spiro atoms. The third kappa shape index (κ3) is 3.14. The van der Waals surface area contributed by atoms with E-state index in [1.54, 1.807) is 13.0 Å². The van der Waals surface area contributed by atoms with Gasteiger partial charge in [-0.05, 0) is 36.2 Å². The van der Waals surface area contributed by atoms with Crippen LogP contribution in [0, 0.1) is 5.82 Å². The van der Waals surface area contributed by atoms with Crippen molar-refractivity contribution in [1.82, 2.24) is 0 Å². The van der Waals surface area contributed by atoms with E-state index in [9.17, 15) is 9.18 Å². The largest absolute Gasteiger partial charge is 0.315 e. The molecule has 0 heterocycles. The Morgan fingerprint density at radius 1 is 1.25 bits per heavy atom. The van der Waals surface area contributed by atoms with E-state index in [0.717, 1.165) is 5.56 Å². The summed E-state index contributed by atoms with van der Waals surface area (Å²) in [6, 6.07) is 13.5. The number of rotatable bonds is 4. The molecule has 0 bridgehead atoms. The number of carbonyl (C=O) groups is 1. The van der Waals surface area contributed by atoms with Crippen molar-refractivity contribution in [1.29, 1.82) is 0 Å². The summed E-state index contributed by atoms with van der Waals surface area (Å²) < 4.78 is 14.0. The number of carbonyl (C=O) groups excluding carboxylic acids is 1. The third-order valence-electron chi connectivity index (χ3n) is 3.31. The molecule has 0 aliphatic heterocycles. The van der Waals surface area contributed by atoms with Crippen LogP contribution in [0.1, 0.15) is 18.1 Å². The minimum Gasteiger partial charge on any atom is -0.315 e. The van der Waals surface area contributed by atoms with Crippen LogP contribution in [0.4, 0.5) is 4.39 Å². The zero-order chi connectivity index (χ0) is 14.8. The summed E-state index contributed by atoms with van der Waals surface area (Å²) in [5.41, 5.74) is 6.42. The monoisotopic (exact) mass is 335 g/mol. The molecule has 4 heteroatoms. The van der Waals surface area contributed by atoms with E-state index < -0.39 is 5.54 Å². The molecule has 1 unspecified atom stereocenters. The van der Waals surface area contributed by atoms with E-state index in [0.29, 0.717) is 10.0 Å². The molecule has 2 aromatic rings. The van der Waals surface area contributed by atoms with Gasteiger partial charge in [-0.25, -0.2) is 4.39 Å². The molecule has 2 N–H and O–H groups in total. The maximum atomic E-state index is 13.3. The molecule has 20 heavy (non-hydrogen) atoms. The van der Waals surface area contributed by atoms with Gasteiger partial charge in [0.15, 0.2) is 5.78 Å². The third-order valence-corrected chi connectivity index (χ3v) is 4.09. The van der Waals surface area contributed by atoms with E-state index in [1.165, 1.54) is 12.1 Å². The molecule has 0 fully saturated rings. The zero-order valence-electron chi connectivity index (χ0n) is 11.1. The normalized spacial score (nSPS) is 13.8. The number of nitrogens with two attached hydrogens (primary N) is 1. The average Bonchev–Trinajstić information content (AvgIpc) is 2.43. The molecule has 0 radical (unpaired) electrons. The summed E-state index contributed by atoms with van der Waals surface area (Å²) in [7, 11) is 0. The summed E-state index contributed by atoms with van der Waals surface area (Å²) >= 11 is 3.32. The SMILES string of the molecule is CC(N)(C(=O)Cc1cc(F)ccc1Br)c1ccccc1. The topological polar surface area (TPSA) is 43.1 Å². The maximum Gasteiger partial charge on any atom is 0.161 e. The second kappa shape index (κ2) is 5.85. The van der Waals surface area contributed by atoms with Crippen LogP contribution in [-0.2, 0) is 16.8 Å². The molecule has 0 aliphatic carbocycles. The Bertz CT molecular complexity index is 626. The fourth-order valence-corrected chi connectivity index (χ4v) is 2.37. The Kier molecular flexibility index (Phi) is 4.35. The van der Waals surface area contributed by atoms with Crippen LogP contribution in [0.25, 0.3) is 0 Å². The Morgan fingerprint density at radius 2 is 1.90 bits per heavy atom. The smallest absolute Gasteiger partial charge is 0.161 e. The standard InChI is InChI=1S/C16H15BrFNO/c1-16(19,12-5-3-2-4-6-12)15(20)10-11-9-13(18)7-8-14(11)17/h2-9H,10,19H2,1H3. The van der Waals surface area contributed by atoms with Crippen LogP contribution < -0.4 is 5.73 Å². The minimum atomic E-state index is -1.09. The van der Waals surface area contributed by atoms with Gasteiger partial charge in [-0.15, -0.1) is 0 Å². The number of benzene rings is 2. The van der Waals surface area contributed by atoms with Crippen molar-refractivity contribution in [3.8, 4) is 0 Å². The average molecular weight is 336 g/mol. The second-order valence-corrected chi connectivity index (χ2v) is 5.76. The van der Waals surface area contributed by atoms with Crippen LogP contribution in [0.5, 0.6) is 0 Å². The van der Waals surface area contributed by atoms with Crippen molar-refractivity contribution in [2.24, 2.45) is 5.73 Å². The van der Waals surface area contributed by atoms with Crippen molar-refractivity contribution >= 4 is 21.7 Å². The van der Waals surface area contributed by atoms with Gasteiger partial charge in [-0.2, -0.15) is 0 Å². The summed E-state index contributed by atoms with van der Waals surface area (Å²) in [5, 5.41) is 0. The highest BCUT2D eigenvalue weighted by atomic mass is 79.9. The first kappa shape index (κ1) is 14.9. The van der Waals surface area contributed by atoms with E-state index in [-0.39, 0.29) is 18.0 Å². The molecule has 104 valence electrons. The van der Waals surface area contributed by atoms with Gasteiger partial charge >= 0.3 is 0 Å². The van der Waals surface area contributed by atoms with Gasteiger partial charge in [-0.1, -0.05) is 46.3 Å². The van der Waals surface area contributed by atoms with E-state index in [1.807, 2.05) is 30.3 Å². The highest BCUT2D eigenvalue weighted by Gasteiger charge is 2.30. The number of hydrogen-bond donors (Lipinski definition) is 1. The predicted molar refractivity (Wildman–Crippen MR) is 80.8 cm³/mol. The van der Waals surface area contributed by atoms with Crippen molar-refractivity contribution in [3.63, 3.8) is 0 Å². The first-order valence-corrected chi connectivity index (χ1v) is 7.02. The van der Waals surface area contributed by atoms with E-state index >= 15 is 0 Å². The van der Waals surface area contributed by atoms with Crippen molar-refractivity contribution in [2.75, 3.05) is 0 Å². The van der Waals surface area contributed by atoms with Crippen LogP contribution >= 0.6 is 15.9 Å². The highest BCUT2D eigenvalue weighted by Crippen LogP contribution is 2.24. The Morgan fingerprint density at radius 3 is 2.55 bits per heavy atom. The first-order valence-electron chi connectivity index (χ1n) is 6.23. The lowest BCUT2D eigenvalue weighted by atomic mass is 9.86. The predicted octanol–water partition coefficient (Wildman–Crippen LogP) is 3.57. The van der Waals surface area contributed by atoms with Crippen LogP contribution in [0.15, 0.2) is 53.0 Å². The van der Waals surface area contributed by atoms with Crippen LogP contribution in [0.2, 0.25) is 0 Å². The van der Waals surface area contributed by atoms with Gasteiger partial charge in [0.2, 0.25) is 0 Å². The quantitative estimate of drug-likeness (QED) is 0.927. The van der Waals surface area contributed by atoms with E-state index in [2.05, 4.69) is 15.9 Å². The van der Waals surface area contributed by atoms with Gasteiger partial charge in [-0.3, -0.25) is 4.79 Å². The van der Waals surface area contributed by atoms with Crippen molar-refractivity contribution < 1.29 is 9.18 Å². The van der Waals surface area contributed by atoms with Gasteiger partial charge in [0.25, 0.3) is 0 Å². The Labute approximate surface area is 125 Å². The molecule has 1 atom stereocenters. The minimum absolute atomic E-state index is 0.0836. The fraction of sp³-hybridized carbons (Fsp3) is 0.188. The second-order valence-electron chi connectivity index (χ2n) is 4.90. The maximum absolute atomic E-state index is 13.3. The molecule has 2 aromatic carbocycles. The summed E-state index contributed by atoms with van der Waals surface area (Å²) in [6.45, 7) is 1.68. The molecular weight excluding hydrogens is 321 g/mol. The van der Waals surface area contributed by atoms with Crippen molar-refractivity contribution in [2.45, 2.75) is 18.9 Å². The van der Waals surface area contributed by atoms with E-state index in [4.69, 9.17) is 5.73 Å². The molecule has 0 saturated heterocycles. The Hall–Kier alpha value is -1.52. The molecule has 0 amide bonds. The number of halogens is 2. The lowest BCUT2D eigenvalue weighted by molar-refractivity contribution is -0.123. The highest BCUT2D eigenvalue weighted by molar-refractivity contribution is 9.10. The van der Waals surface area contributed by atoms with Gasteiger partial charge < -0.3 is 5.73 Å². The van der Waals surface area contributed by atoms with Crippen LogP contribution in [-0.4, -0.2) is 5.78 Å². The first-order chi connectivity index (χ1) is 9.41. The zero-order valence-corrected chi connectivity index (χ0v) is 12.7. The van der Waals surface area contributed by atoms with Gasteiger partial charge in [0, 0.05) is 10.9 Å². The lowest BCUT2D eigenvalue weighted by Crippen LogP contribution is -2.42. The number of Topliss-reactive ketones (excluding diaryl/α,β-unsaturated/α-hetero) is 1. The molecule has 0 aromatic heterocycles. The molecular formula is C16H15BrFNO. The fourth-order valence-electron chi connectivity index (χ4n) is 1.98. The van der Waals surface area contributed by atoms with Crippen LogP contribution in [0.3, 0.4) is 0 Å². The summed E-state index contributed by atoms with van der Waals surface area (Å²) in [5.74, 6) is -0.524. The number of hydrogen-bond acceptors (Lipinski definition) is 2. The van der Waals surface area contributed by atoms with Gasteiger partial charge in [0.1, 0.15) is 5.82 Å². The summed E-state index contributed by atoms with van der Waals surface area (Å²) in [6.07, 6.45) is 0.0836.